The Kier molecular flexibility index (Phi) is 21.0. The van der Waals surface area contributed by atoms with Crippen LogP contribution in [0.2, 0.25) is 0 Å². The van der Waals surface area contributed by atoms with Crippen LogP contribution in [0.3, 0.4) is 0 Å². The van der Waals surface area contributed by atoms with Crippen molar-refractivity contribution in [2.45, 2.75) is 140 Å². The van der Waals surface area contributed by atoms with Gasteiger partial charge in [-0.15, -0.1) is 5.10 Å². The second-order valence-corrected chi connectivity index (χ2v) is 18.8. The van der Waals surface area contributed by atoms with Crippen LogP contribution in [0, 0.1) is 0 Å². The SMILES string of the molecule is CCCC[C@H](NC(C)=O)C(=O)N[C@H]1CCCn2cc(nn2)CC[C@@H](C(N)=O)NC(=O)[C@H](Cc2c[nH]c3ccccc23)NC(=O)[C@H](CCCN=C(N)N)NC(=O)[C@@H](Cc2ccccc2)NC(=O)[C@H](Cc2cnc[nH]2)NC1=O. The van der Waals surface area contributed by atoms with E-state index < -0.39 is 89.6 Å². The number of hydrogen-bond acceptors (Lipinski definition) is 12. The number of carbonyl (C=O) groups excluding carboxylic acids is 8. The average molecular weight is 1050 g/mol. The Morgan fingerprint density at radius 1 is 0.789 bits per heavy atom. The molecule has 6 rings (SSSR count). The maximum Gasteiger partial charge on any atom is 0.243 e. The Labute approximate surface area is 438 Å². The van der Waals surface area contributed by atoms with E-state index in [1.807, 2.05) is 31.2 Å². The minimum atomic E-state index is -1.36. The fraction of sp³-hybridized carbons (Fsp3) is 0.451. The third kappa shape index (κ3) is 17.2. The molecule has 2 aromatic carbocycles. The number of guanidine groups is 1. The average Bonchev–Trinajstić information content (AvgIpc) is 4.18. The number of nitrogens with two attached hydrogens (primary N) is 3. The summed E-state index contributed by atoms with van der Waals surface area (Å²) in [6.07, 6.45) is 8.21. The number of imidazole rings is 1. The van der Waals surface area contributed by atoms with Gasteiger partial charge < -0.3 is 64.4 Å². The number of nitrogens with one attached hydrogen (secondary N) is 9. The summed E-state index contributed by atoms with van der Waals surface area (Å²) >= 11 is 0. The van der Waals surface area contributed by atoms with Crippen LogP contribution >= 0.6 is 0 Å². The molecule has 2 bridgehead atoms. The first-order valence-corrected chi connectivity index (χ1v) is 25.5. The zero-order valence-corrected chi connectivity index (χ0v) is 42.7. The monoisotopic (exact) mass is 1050 g/mol. The maximum absolute atomic E-state index is 14.8. The number of para-hydroxylation sites is 1. The predicted molar refractivity (Wildman–Crippen MR) is 280 cm³/mol. The summed E-state index contributed by atoms with van der Waals surface area (Å²) in [6, 6.07) is 7.39. The molecular formula is C51H69N17O8. The molecule has 406 valence electrons. The molecule has 0 spiro atoms. The van der Waals surface area contributed by atoms with Gasteiger partial charge >= 0.3 is 0 Å². The van der Waals surface area contributed by atoms with Gasteiger partial charge in [-0.05, 0) is 62.1 Å². The lowest BCUT2D eigenvalue weighted by molar-refractivity contribution is -0.135. The number of rotatable bonds is 17. The maximum atomic E-state index is 14.8. The fourth-order valence-electron chi connectivity index (χ4n) is 8.81. The van der Waals surface area contributed by atoms with E-state index in [9.17, 15) is 38.4 Å². The molecule has 76 heavy (non-hydrogen) atoms. The largest absolute Gasteiger partial charge is 0.370 e. The zero-order chi connectivity index (χ0) is 54.6. The number of amides is 8. The molecule has 3 aromatic heterocycles. The Morgan fingerprint density at radius 2 is 1.46 bits per heavy atom. The molecule has 15 N–H and O–H groups in total. The number of carbonyl (C=O) groups is 8. The van der Waals surface area contributed by atoms with E-state index in [1.165, 1.54) is 24.1 Å². The molecule has 4 heterocycles. The molecule has 5 aromatic rings. The molecule has 0 saturated carbocycles. The third-order valence-corrected chi connectivity index (χ3v) is 12.8. The Bertz CT molecular complexity index is 2790. The summed E-state index contributed by atoms with van der Waals surface area (Å²) in [5, 5.41) is 28.7. The minimum absolute atomic E-state index is 0.00695. The van der Waals surface area contributed by atoms with Crippen molar-refractivity contribution in [1.82, 2.24) is 67.2 Å². The van der Waals surface area contributed by atoms with Crippen molar-refractivity contribution in [2.24, 2.45) is 22.2 Å². The second-order valence-electron chi connectivity index (χ2n) is 18.8. The quantitative estimate of drug-likeness (QED) is 0.0305. The standard InChI is InChI=1S/C51H69N17O8/c1-3-4-15-38(59-30(2)69)45(71)61-40-18-11-22-68-28-33(66-67-68)19-20-37(44(52)70)60-49(75)42(24-32-26-57-36-16-9-8-14-35(32)36)64-46(72)39(17-10-21-56-51(53)54)62-48(74)41(23-31-12-6-5-7-13-31)63-50(76)43(65-47(40)73)25-34-27-55-29-58-34/h5-9,12-14,16,26-29,37-43,57H,3-4,10-11,15,17-25H2,1-2H3,(H2,52,70)(H,55,58)(H,59,69)(H,60,75)(H,61,71)(H,62,74)(H,63,76)(H,64,72)(H,65,73)(H4,53,54,56)/t37-,38-,39-,40-,41+,42-,43-/m0/s1. The van der Waals surface area contributed by atoms with Gasteiger partial charge in [0, 0.05) is 74.5 Å². The van der Waals surface area contributed by atoms with E-state index in [0.717, 1.165) is 17.3 Å². The summed E-state index contributed by atoms with van der Waals surface area (Å²) in [5.74, 6) is -5.90. The van der Waals surface area contributed by atoms with Crippen molar-refractivity contribution in [3.63, 3.8) is 0 Å². The first-order chi connectivity index (χ1) is 36.6. The highest BCUT2D eigenvalue weighted by atomic mass is 16.2. The van der Waals surface area contributed by atoms with Gasteiger partial charge in [0.1, 0.15) is 42.3 Å². The summed E-state index contributed by atoms with van der Waals surface area (Å²) in [5.41, 5.74) is 20.1. The highest BCUT2D eigenvalue weighted by molar-refractivity contribution is 5.98. The lowest BCUT2D eigenvalue weighted by Gasteiger charge is -2.28. The number of nitrogens with zero attached hydrogens (tertiary/aromatic N) is 5. The number of aromatic nitrogens is 6. The smallest absolute Gasteiger partial charge is 0.243 e. The first kappa shape index (κ1) is 56.7. The van der Waals surface area contributed by atoms with Crippen molar-refractivity contribution >= 4 is 64.1 Å². The van der Waals surface area contributed by atoms with Gasteiger partial charge in [-0.2, -0.15) is 0 Å². The normalized spacial score (nSPS) is 20.8. The van der Waals surface area contributed by atoms with Crippen LogP contribution < -0.4 is 54.4 Å². The van der Waals surface area contributed by atoms with Gasteiger partial charge in [-0.3, -0.25) is 48.0 Å². The molecular weight excluding hydrogens is 979 g/mol. The number of unbranched alkanes of at least 4 members (excludes halogenated alkanes) is 1. The molecule has 0 saturated heterocycles. The van der Waals surface area contributed by atoms with E-state index in [4.69, 9.17) is 17.2 Å². The lowest BCUT2D eigenvalue weighted by Crippen LogP contribution is -2.60. The molecule has 25 nitrogen and oxygen atoms in total. The van der Waals surface area contributed by atoms with Crippen LogP contribution in [0.15, 0.2) is 84.5 Å². The van der Waals surface area contributed by atoms with Crippen molar-refractivity contribution in [3.8, 4) is 0 Å². The van der Waals surface area contributed by atoms with Gasteiger partial charge in [-0.25, -0.2) is 4.98 Å². The van der Waals surface area contributed by atoms with Gasteiger partial charge in [0.2, 0.25) is 47.3 Å². The van der Waals surface area contributed by atoms with E-state index in [1.54, 1.807) is 42.7 Å². The van der Waals surface area contributed by atoms with Gasteiger partial charge in [0.15, 0.2) is 5.96 Å². The summed E-state index contributed by atoms with van der Waals surface area (Å²) in [7, 11) is 0. The summed E-state index contributed by atoms with van der Waals surface area (Å²) < 4.78 is 1.52. The van der Waals surface area contributed by atoms with Crippen molar-refractivity contribution < 1.29 is 38.4 Å². The van der Waals surface area contributed by atoms with Gasteiger partial charge in [0.05, 0.1) is 12.0 Å². The van der Waals surface area contributed by atoms with E-state index >= 15 is 0 Å². The highest BCUT2D eigenvalue weighted by Gasteiger charge is 2.35. The number of primary amides is 1. The lowest BCUT2D eigenvalue weighted by atomic mass is 10.0. The van der Waals surface area contributed by atoms with Crippen LogP contribution in [-0.2, 0) is 70.6 Å². The topological polar surface area (TPSA) is 386 Å². The zero-order valence-electron chi connectivity index (χ0n) is 42.7. The molecule has 8 amide bonds. The van der Waals surface area contributed by atoms with Gasteiger partial charge in [0.25, 0.3) is 0 Å². The highest BCUT2D eigenvalue weighted by Crippen LogP contribution is 2.20. The molecule has 1 aliphatic heterocycles. The molecule has 0 fully saturated rings. The van der Waals surface area contributed by atoms with Crippen LogP contribution in [0.1, 0.15) is 87.7 Å². The number of hydrogen-bond donors (Lipinski definition) is 12. The van der Waals surface area contributed by atoms with Crippen molar-refractivity contribution in [2.75, 3.05) is 6.54 Å². The molecule has 0 aliphatic carbocycles. The van der Waals surface area contributed by atoms with Crippen LogP contribution in [0.4, 0.5) is 0 Å². The van der Waals surface area contributed by atoms with Crippen molar-refractivity contribution in [1.29, 1.82) is 0 Å². The predicted octanol–water partition coefficient (Wildman–Crippen LogP) is -0.920. The third-order valence-electron chi connectivity index (χ3n) is 12.8. The van der Waals surface area contributed by atoms with E-state index in [2.05, 4.69) is 67.5 Å². The Hall–Kier alpha value is -8.64. The molecule has 7 atom stereocenters. The molecule has 0 radical (unpaired) electrons. The number of benzene rings is 2. The van der Waals surface area contributed by atoms with E-state index in [-0.39, 0.29) is 76.8 Å². The van der Waals surface area contributed by atoms with Crippen molar-refractivity contribution in [3.05, 3.63) is 102 Å². The Balaban J connectivity index is 1.39. The molecule has 25 heteroatoms. The number of fused-ring (bicyclic) bond motifs is 3. The summed E-state index contributed by atoms with van der Waals surface area (Å²) in [4.78, 5) is 126. The first-order valence-electron chi connectivity index (χ1n) is 25.5. The number of aryl methyl sites for hydroxylation is 2. The van der Waals surface area contributed by atoms with E-state index in [0.29, 0.717) is 35.4 Å². The number of H-pyrrole nitrogens is 2. The molecule has 1 aliphatic rings. The second kappa shape index (κ2) is 28.1. The van der Waals surface area contributed by atoms with Crippen LogP contribution in [0.5, 0.6) is 0 Å². The minimum Gasteiger partial charge on any atom is -0.370 e. The Morgan fingerprint density at radius 3 is 2.16 bits per heavy atom. The number of aromatic amines is 2. The van der Waals surface area contributed by atoms with Crippen LogP contribution in [0.25, 0.3) is 10.9 Å². The number of aliphatic imine (C=N–C) groups is 1. The summed E-state index contributed by atoms with van der Waals surface area (Å²) in [6.45, 7) is 3.52. The van der Waals surface area contributed by atoms with Gasteiger partial charge in [-0.1, -0.05) is 73.5 Å². The fourth-order valence-corrected chi connectivity index (χ4v) is 8.81. The van der Waals surface area contributed by atoms with Crippen LogP contribution in [-0.4, -0.2) is 132 Å². The molecule has 0 unspecified atom stereocenters.